The standard InChI is InChI=1S/C15H19N3OS.2ClH/c1-10(2)11-3-5-12(6-4-11)13(16)7-17-15(19)14-8-20-9-18-14;;/h3-6,8-10,13H,7,16H2,1-2H3,(H,17,19);2*1H. The summed E-state index contributed by atoms with van der Waals surface area (Å²) in [4.78, 5) is 15.7. The van der Waals surface area contributed by atoms with E-state index in [1.807, 2.05) is 12.1 Å². The maximum absolute atomic E-state index is 11.8. The smallest absolute Gasteiger partial charge is 0.270 e. The van der Waals surface area contributed by atoms with Crippen molar-refractivity contribution in [1.82, 2.24) is 10.3 Å². The number of nitrogens with two attached hydrogens (primary N) is 1. The topological polar surface area (TPSA) is 68.0 Å². The lowest BCUT2D eigenvalue weighted by atomic mass is 9.99. The molecular weight excluding hydrogens is 341 g/mol. The summed E-state index contributed by atoms with van der Waals surface area (Å²) in [7, 11) is 0. The van der Waals surface area contributed by atoms with Crippen LogP contribution in [-0.2, 0) is 0 Å². The number of carbonyl (C=O) groups excluding carboxylic acids is 1. The van der Waals surface area contributed by atoms with E-state index in [1.54, 1.807) is 10.9 Å². The summed E-state index contributed by atoms with van der Waals surface area (Å²) in [6.45, 7) is 4.71. The van der Waals surface area contributed by atoms with Gasteiger partial charge in [0.2, 0.25) is 0 Å². The Kier molecular flexibility index (Phi) is 9.28. The van der Waals surface area contributed by atoms with Gasteiger partial charge in [0.05, 0.1) is 5.51 Å². The molecule has 1 amide bonds. The highest BCUT2D eigenvalue weighted by Gasteiger charge is 2.11. The predicted molar refractivity (Wildman–Crippen MR) is 96.4 cm³/mol. The fourth-order valence-corrected chi connectivity index (χ4v) is 2.40. The number of amides is 1. The molecule has 4 nitrogen and oxygen atoms in total. The van der Waals surface area contributed by atoms with Crippen LogP contribution in [0.2, 0.25) is 0 Å². The maximum atomic E-state index is 11.8. The summed E-state index contributed by atoms with van der Waals surface area (Å²) >= 11 is 1.40. The van der Waals surface area contributed by atoms with E-state index in [0.29, 0.717) is 18.2 Å². The van der Waals surface area contributed by atoms with Crippen molar-refractivity contribution in [2.24, 2.45) is 5.73 Å². The summed E-state index contributed by atoms with van der Waals surface area (Å²) in [6.07, 6.45) is 0. The molecule has 0 saturated heterocycles. The van der Waals surface area contributed by atoms with Crippen molar-refractivity contribution in [2.45, 2.75) is 25.8 Å². The van der Waals surface area contributed by atoms with Crippen molar-refractivity contribution in [3.05, 3.63) is 52.0 Å². The normalized spacial score (nSPS) is 11.3. The number of carbonyl (C=O) groups is 1. The zero-order valence-corrected chi connectivity index (χ0v) is 14.9. The molecule has 2 aromatic rings. The molecule has 7 heteroatoms. The van der Waals surface area contributed by atoms with Gasteiger partial charge in [0.15, 0.2) is 0 Å². The first-order valence-corrected chi connectivity index (χ1v) is 7.54. The van der Waals surface area contributed by atoms with Gasteiger partial charge >= 0.3 is 0 Å². The Hall–Kier alpha value is -1.14. The number of nitrogens with zero attached hydrogens (tertiary/aromatic N) is 1. The molecular formula is C15H21Cl2N3OS. The molecule has 0 radical (unpaired) electrons. The highest BCUT2D eigenvalue weighted by atomic mass is 35.5. The van der Waals surface area contributed by atoms with Crippen LogP contribution < -0.4 is 11.1 Å². The lowest BCUT2D eigenvalue weighted by molar-refractivity contribution is 0.0947. The summed E-state index contributed by atoms with van der Waals surface area (Å²) in [5.41, 5.74) is 10.5. The van der Waals surface area contributed by atoms with E-state index >= 15 is 0 Å². The van der Waals surface area contributed by atoms with Crippen LogP contribution in [0.15, 0.2) is 35.2 Å². The van der Waals surface area contributed by atoms with Crippen LogP contribution in [0.5, 0.6) is 0 Å². The van der Waals surface area contributed by atoms with Crippen molar-refractivity contribution in [3.63, 3.8) is 0 Å². The summed E-state index contributed by atoms with van der Waals surface area (Å²) in [5, 5.41) is 4.52. The molecule has 1 atom stereocenters. The minimum absolute atomic E-state index is 0. The number of aromatic nitrogens is 1. The van der Waals surface area contributed by atoms with E-state index in [4.69, 9.17) is 5.73 Å². The average Bonchev–Trinajstić information content (AvgIpc) is 2.98. The molecule has 0 aliphatic rings. The van der Waals surface area contributed by atoms with Gasteiger partial charge in [0.25, 0.3) is 5.91 Å². The number of thiazole rings is 1. The minimum atomic E-state index is -0.209. The van der Waals surface area contributed by atoms with Gasteiger partial charge in [-0.25, -0.2) is 4.98 Å². The molecule has 1 aromatic heterocycles. The Balaban J connectivity index is 0.00000220. The Morgan fingerprint density at radius 1 is 1.23 bits per heavy atom. The van der Waals surface area contributed by atoms with Gasteiger partial charge in [-0.15, -0.1) is 36.2 Å². The second-order valence-electron chi connectivity index (χ2n) is 5.01. The van der Waals surface area contributed by atoms with Crippen molar-refractivity contribution >= 4 is 42.1 Å². The van der Waals surface area contributed by atoms with Gasteiger partial charge in [-0.2, -0.15) is 0 Å². The van der Waals surface area contributed by atoms with E-state index in [9.17, 15) is 4.79 Å². The molecule has 0 saturated carbocycles. The molecule has 122 valence electrons. The van der Waals surface area contributed by atoms with Crippen LogP contribution in [0, 0.1) is 0 Å². The summed E-state index contributed by atoms with van der Waals surface area (Å²) in [6, 6.07) is 8.01. The largest absolute Gasteiger partial charge is 0.349 e. The highest BCUT2D eigenvalue weighted by Crippen LogP contribution is 2.17. The Bertz CT molecular complexity index is 559. The van der Waals surface area contributed by atoms with Crippen LogP contribution in [0.4, 0.5) is 0 Å². The lowest BCUT2D eigenvalue weighted by Crippen LogP contribution is -2.32. The van der Waals surface area contributed by atoms with Gasteiger partial charge in [0, 0.05) is 18.0 Å². The second-order valence-corrected chi connectivity index (χ2v) is 5.73. The highest BCUT2D eigenvalue weighted by molar-refractivity contribution is 7.07. The maximum Gasteiger partial charge on any atom is 0.270 e. The van der Waals surface area contributed by atoms with Crippen LogP contribution >= 0.6 is 36.2 Å². The average molecular weight is 362 g/mol. The fourth-order valence-electron chi connectivity index (χ4n) is 1.86. The van der Waals surface area contributed by atoms with E-state index in [2.05, 4.69) is 36.3 Å². The number of halogens is 2. The molecule has 22 heavy (non-hydrogen) atoms. The molecule has 3 N–H and O–H groups in total. The molecule has 0 bridgehead atoms. The van der Waals surface area contributed by atoms with E-state index in [1.165, 1.54) is 16.9 Å². The molecule has 0 spiro atoms. The zero-order valence-electron chi connectivity index (χ0n) is 12.5. The van der Waals surface area contributed by atoms with E-state index in [0.717, 1.165) is 5.56 Å². The van der Waals surface area contributed by atoms with Gasteiger partial charge < -0.3 is 11.1 Å². The van der Waals surface area contributed by atoms with Crippen molar-refractivity contribution in [3.8, 4) is 0 Å². The molecule has 1 unspecified atom stereocenters. The summed E-state index contributed by atoms with van der Waals surface area (Å²) in [5.74, 6) is 0.324. The van der Waals surface area contributed by atoms with E-state index in [-0.39, 0.29) is 36.8 Å². The monoisotopic (exact) mass is 361 g/mol. The molecule has 0 fully saturated rings. The van der Waals surface area contributed by atoms with Crippen LogP contribution in [0.3, 0.4) is 0 Å². The zero-order chi connectivity index (χ0) is 14.5. The first-order chi connectivity index (χ1) is 9.58. The second kappa shape index (κ2) is 9.79. The van der Waals surface area contributed by atoms with E-state index < -0.39 is 0 Å². The van der Waals surface area contributed by atoms with Gasteiger partial charge in [0.1, 0.15) is 5.69 Å². The summed E-state index contributed by atoms with van der Waals surface area (Å²) < 4.78 is 0. The van der Waals surface area contributed by atoms with Crippen molar-refractivity contribution < 1.29 is 4.79 Å². The quantitative estimate of drug-likeness (QED) is 0.855. The van der Waals surface area contributed by atoms with Gasteiger partial charge in [-0.3, -0.25) is 4.79 Å². The third kappa shape index (κ3) is 5.57. The first kappa shape index (κ1) is 20.9. The van der Waals surface area contributed by atoms with Crippen molar-refractivity contribution in [1.29, 1.82) is 0 Å². The molecule has 0 aliphatic heterocycles. The number of rotatable bonds is 5. The third-order valence-corrected chi connectivity index (χ3v) is 3.77. The number of hydrogen-bond donors (Lipinski definition) is 2. The van der Waals surface area contributed by atoms with Crippen LogP contribution in [0.25, 0.3) is 0 Å². The van der Waals surface area contributed by atoms with Gasteiger partial charge in [-0.05, 0) is 17.0 Å². The lowest BCUT2D eigenvalue weighted by Gasteiger charge is -2.14. The SMILES string of the molecule is CC(C)c1ccc(C(N)CNC(=O)c2cscn2)cc1.Cl.Cl. The Labute approximate surface area is 147 Å². The fraction of sp³-hybridized carbons (Fsp3) is 0.333. The van der Waals surface area contributed by atoms with Crippen molar-refractivity contribution in [2.75, 3.05) is 6.54 Å². The molecule has 0 aliphatic carbocycles. The van der Waals surface area contributed by atoms with Crippen LogP contribution in [-0.4, -0.2) is 17.4 Å². The van der Waals surface area contributed by atoms with Gasteiger partial charge in [-0.1, -0.05) is 38.1 Å². The predicted octanol–water partition coefficient (Wildman–Crippen LogP) is 3.54. The number of hydrogen-bond acceptors (Lipinski definition) is 4. The third-order valence-electron chi connectivity index (χ3n) is 3.18. The Morgan fingerprint density at radius 2 is 1.82 bits per heavy atom. The molecule has 2 rings (SSSR count). The van der Waals surface area contributed by atoms with Crippen LogP contribution in [0.1, 0.15) is 47.4 Å². The number of nitrogens with one attached hydrogen (secondary N) is 1. The Morgan fingerprint density at radius 3 is 2.32 bits per heavy atom. The minimum Gasteiger partial charge on any atom is -0.349 e. The number of benzene rings is 1. The first-order valence-electron chi connectivity index (χ1n) is 6.59. The molecule has 1 heterocycles. The molecule has 1 aromatic carbocycles.